The van der Waals surface area contributed by atoms with E-state index in [0.29, 0.717) is 25.2 Å². The Morgan fingerprint density at radius 3 is 2.72 bits per heavy atom. The average molecular weight is 437 g/mol. The topological polar surface area (TPSA) is 92.8 Å². The maximum Gasteiger partial charge on any atom is 0.338 e. The molecular weight excluding hydrogens is 416 g/mol. The van der Waals surface area contributed by atoms with Crippen molar-refractivity contribution in [3.63, 3.8) is 0 Å². The van der Waals surface area contributed by atoms with Crippen LogP contribution in [-0.4, -0.2) is 40.0 Å². The largest absolute Gasteiger partial charge is 0.452 e. The molecule has 0 fully saturated rings. The molecule has 0 spiro atoms. The summed E-state index contributed by atoms with van der Waals surface area (Å²) in [6.45, 7) is 2.24. The predicted octanol–water partition coefficient (Wildman–Crippen LogP) is 2.77. The van der Waals surface area contributed by atoms with Crippen molar-refractivity contribution in [2.45, 2.75) is 24.7 Å². The molecule has 29 heavy (non-hydrogen) atoms. The number of sulfonamides is 1. The molecule has 3 rings (SSSR count). The van der Waals surface area contributed by atoms with Crippen LogP contribution in [0, 0.1) is 0 Å². The van der Waals surface area contributed by atoms with E-state index in [0.717, 1.165) is 12.0 Å². The highest BCUT2D eigenvalue weighted by atomic mass is 35.5. The van der Waals surface area contributed by atoms with E-state index >= 15 is 0 Å². The van der Waals surface area contributed by atoms with Gasteiger partial charge in [-0.2, -0.15) is 0 Å². The second-order valence-electron chi connectivity index (χ2n) is 6.53. The summed E-state index contributed by atoms with van der Waals surface area (Å²) in [5.41, 5.74) is 1.54. The van der Waals surface area contributed by atoms with Gasteiger partial charge in [0, 0.05) is 13.1 Å². The van der Waals surface area contributed by atoms with Crippen molar-refractivity contribution in [3.8, 4) is 0 Å². The van der Waals surface area contributed by atoms with Crippen molar-refractivity contribution in [1.82, 2.24) is 5.32 Å². The molecule has 1 aliphatic heterocycles. The summed E-state index contributed by atoms with van der Waals surface area (Å²) in [7, 11) is -3.97. The van der Waals surface area contributed by atoms with Gasteiger partial charge in [0.05, 0.1) is 16.3 Å². The number of amides is 1. The second-order valence-corrected chi connectivity index (χ2v) is 8.77. The zero-order valence-electron chi connectivity index (χ0n) is 15.9. The first-order chi connectivity index (χ1) is 13.8. The first-order valence-electron chi connectivity index (χ1n) is 9.18. The Bertz CT molecular complexity index is 1040. The quantitative estimate of drug-likeness (QED) is 0.673. The fourth-order valence-corrected chi connectivity index (χ4v) is 5.04. The maximum atomic E-state index is 13.2. The molecule has 0 unspecified atom stereocenters. The highest BCUT2D eigenvalue weighted by Gasteiger charge is 2.32. The highest BCUT2D eigenvalue weighted by molar-refractivity contribution is 7.93. The molecule has 0 atom stereocenters. The molecular formula is C20H21ClN2O5S. The van der Waals surface area contributed by atoms with Gasteiger partial charge in [0.15, 0.2) is 6.61 Å². The minimum absolute atomic E-state index is 0.00347. The number of para-hydroxylation sites is 1. The molecule has 9 heteroatoms. The molecule has 2 aromatic rings. The number of esters is 1. The average Bonchev–Trinajstić information content (AvgIpc) is 3.15. The van der Waals surface area contributed by atoms with Crippen LogP contribution in [0.3, 0.4) is 0 Å². The van der Waals surface area contributed by atoms with E-state index in [1.807, 2.05) is 19.1 Å². The number of ether oxygens (including phenoxy) is 1. The summed E-state index contributed by atoms with van der Waals surface area (Å²) in [6, 6.07) is 11.1. The molecule has 1 amide bonds. The van der Waals surface area contributed by atoms with Gasteiger partial charge < -0.3 is 10.1 Å². The highest BCUT2D eigenvalue weighted by Crippen LogP contribution is 2.35. The zero-order chi connectivity index (χ0) is 21.0. The lowest BCUT2D eigenvalue weighted by Crippen LogP contribution is -2.30. The number of nitrogens with one attached hydrogen (secondary N) is 1. The Balaban J connectivity index is 1.82. The Morgan fingerprint density at radius 2 is 1.97 bits per heavy atom. The van der Waals surface area contributed by atoms with E-state index in [1.165, 1.54) is 22.5 Å². The summed E-state index contributed by atoms with van der Waals surface area (Å²) in [6.07, 6.45) is 1.36. The van der Waals surface area contributed by atoms with E-state index < -0.39 is 28.5 Å². The lowest BCUT2D eigenvalue weighted by molar-refractivity contribution is -0.124. The molecule has 0 saturated carbocycles. The third-order valence-corrected chi connectivity index (χ3v) is 6.78. The summed E-state index contributed by atoms with van der Waals surface area (Å²) in [5.74, 6) is -1.22. The molecule has 0 saturated heterocycles. The smallest absolute Gasteiger partial charge is 0.338 e. The van der Waals surface area contributed by atoms with E-state index in [4.69, 9.17) is 16.3 Å². The van der Waals surface area contributed by atoms with Crippen LogP contribution in [0.2, 0.25) is 5.02 Å². The Kier molecular flexibility index (Phi) is 6.44. The number of rotatable bonds is 7. The fourth-order valence-electron chi connectivity index (χ4n) is 3.03. The lowest BCUT2D eigenvalue weighted by Gasteiger charge is -2.20. The van der Waals surface area contributed by atoms with Crippen LogP contribution < -0.4 is 9.62 Å². The third-order valence-electron chi connectivity index (χ3n) is 4.49. The van der Waals surface area contributed by atoms with Gasteiger partial charge in [-0.25, -0.2) is 13.2 Å². The number of benzene rings is 2. The maximum absolute atomic E-state index is 13.2. The van der Waals surface area contributed by atoms with E-state index in [9.17, 15) is 18.0 Å². The van der Waals surface area contributed by atoms with Gasteiger partial charge in [0.1, 0.15) is 4.90 Å². The van der Waals surface area contributed by atoms with Crippen LogP contribution in [0.5, 0.6) is 0 Å². The van der Waals surface area contributed by atoms with E-state index in [1.54, 1.807) is 12.1 Å². The van der Waals surface area contributed by atoms with Crippen molar-refractivity contribution >= 4 is 39.2 Å². The van der Waals surface area contributed by atoms with Gasteiger partial charge in [-0.15, -0.1) is 0 Å². The zero-order valence-corrected chi connectivity index (χ0v) is 17.4. The third kappa shape index (κ3) is 4.54. The summed E-state index contributed by atoms with van der Waals surface area (Å²) >= 11 is 6.15. The van der Waals surface area contributed by atoms with Gasteiger partial charge in [0.25, 0.3) is 15.9 Å². The summed E-state index contributed by atoms with van der Waals surface area (Å²) < 4.78 is 32.7. The monoisotopic (exact) mass is 436 g/mol. The number of halogens is 1. The van der Waals surface area contributed by atoms with Gasteiger partial charge in [-0.05, 0) is 42.7 Å². The Hall–Kier alpha value is -2.58. The van der Waals surface area contributed by atoms with Crippen LogP contribution in [0.25, 0.3) is 0 Å². The molecule has 0 radical (unpaired) electrons. The first kappa shape index (κ1) is 21.1. The van der Waals surface area contributed by atoms with Crippen LogP contribution in [0.1, 0.15) is 29.3 Å². The molecule has 1 aliphatic rings. The Labute approximate surface area is 174 Å². The van der Waals surface area contributed by atoms with Gasteiger partial charge in [0.2, 0.25) is 0 Å². The second kappa shape index (κ2) is 8.84. The number of nitrogens with zero attached hydrogens (tertiary/aromatic N) is 1. The Morgan fingerprint density at radius 1 is 1.21 bits per heavy atom. The van der Waals surface area contributed by atoms with Gasteiger partial charge >= 0.3 is 5.97 Å². The van der Waals surface area contributed by atoms with Crippen LogP contribution >= 0.6 is 11.6 Å². The number of hydrogen-bond acceptors (Lipinski definition) is 5. The number of fused-ring (bicyclic) bond motifs is 1. The molecule has 0 aromatic heterocycles. The summed E-state index contributed by atoms with van der Waals surface area (Å²) in [4.78, 5) is 23.7. The van der Waals surface area contributed by atoms with Crippen molar-refractivity contribution in [2.75, 3.05) is 24.0 Å². The van der Waals surface area contributed by atoms with Gasteiger partial charge in [-0.3, -0.25) is 9.10 Å². The van der Waals surface area contributed by atoms with Crippen molar-refractivity contribution in [3.05, 3.63) is 58.6 Å². The molecule has 7 nitrogen and oxygen atoms in total. The standard InChI is InChI=1S/C20H21ClN2O5S/c1-2-10-22-19(24)13-28-20(25)15-7-8-16(21)18(12-15)29(26,27)23-11-9-14-5-3-4-6-17(14)23/h3-8,12H,2,9-11,13H2,1H3,(H,22,24). The molecule has 1 heterocycles. The molecule has 0 bridgehead atoms. The number of anilines is 1. The molecule has 1 N–H and O–H groups in total. The van der Waals surface area contributed by atoms with Crippen molar-refractivity contribution < 1.29 is 22.7 Å². The van der Waals surface area contributed by atoms with E-state index in [-0.39, 0.29) is 15.5 Å². The van der Waals surface area contributed by atoms with Crippen LogP contribution in [0.15, 0.2) is 47.4 Å². The number of carbonyl (C=O) groups is 2. The molecule has 2 aromatic carbocycles. The number of hydrogen-bond donors (Lipinski definition) is 1. The van der Waals surface area contributed by atoms with E-state index in [2.05, 4.69) is 5.32 Å². The van der Waals surface area contributed by atoms with Crippen molar-refractivity contribution in [2.24, 2.45) is 0 Å². The summed E-state index contributed by atoms with van der Waals surface area (Å²) in [5, 5.41) is 2.60. The van der Waals surface area contributed by atoms with Crippen LogP contribution in [0.4, 0.5) is 5.69 Å². The normalized spacial score (nSPS) is 13.1. The number of carbonyl (C=O) groups excluding carboxylic acids is 2. The first-order valence-corrected chi connectivity index (χ1v) is 11.0. The lowest BCUT2D eigenvalue weighted by atomic mass is 10.2. The fraction of sp³-hybridized carbons (Fsp3) is 0.300. The minimum atomic E-state index is -3.97. The van der Waals surface area contributed by atoms with Gasteiger partial charge in [-0.1, -0.05) is 36.7 Å². The molecule has 0 aliphatic carbocycles. The van der Waals surface area contributed by atoms with Crippen LogP contribution in [-0.2, 0) is 26.0 Å². The minimum Gasteiger partial charge on any atom is -0.452 e. The predicted molar refractivity (Wildman–Crippen MR) is 110 cm³/mol. The van der Waals surface area contributed by atoms with Crippen molar-refractivity contribution in [1.29, 1.82) is 0 Å². The SMILES string of the molecule is CCCNC(=O)COC(=O)c1ccc(Cl)c(S(=O)(=O)N2CCc3ccccc32)c1. The molecule has 154 valence electrons.